The van der Waals surface area contributed by atoms with Crippen LogP contribution in [-0.2, 0) is 4.79 Å². The molecule has 11 nitrogen and oxygen atoms in total. The molecule has 2 aromatic carbocycles. The van der Waals surface area contributed by atoms with Crippen molar-refractivity contribution in [2.45, 2.75) is 92.7 Å². The first kappa shape index (κ1) is 36.5. The monoisotopic (exact) mass is 658 g/mol. The molecule has 1 aliphatic heterocycles. The van der Waals surface area contributed by atoms with Gasteiger partial charge in [-0.25, -0.2) is 4.99 Å². The number of nitrogens with zero attached hydrogens (tertiary/aromatic N) is 4. The van der Waals surface area contributed by atoms with Crippen LogP contribution in [0.5, 0.6) is 5.75 Å². The Hall–Kier alpha value is -4.35. The van der Waals surface area contributed by atoms with Crippen LogP contribution in [0.15, 0.2) is 53.3 Å². The van der Waals surface area contributed by atoms with Crippen LogP contribution in [0, 0.1) is 20.8 Å². The van der Waals surface area contributed by atoms with Gasteiger partial charge < -0.3 is 20.7 Å². The second kappa shape index (κ2) is 16.7. The predicted octanol–water partition coefficient (Wildman–Crippen LogP) is 6.87. The Morgan fingerprint density at radius 2 is 1.83 bits per heavy atom. The minimum atomic E-state index is -0.122. The van der Waals surface area contributed by atoms with E-state index in [4.69, 9.17) is 9.73 Å². The maximum absolute atomic E-state index is 11.9. The number of piperidine rings is 1. The molecular weight excluding hydrogens is 604 g/mol. The molecule has 0 radical (unpaired) electrons. The molecule has 0 unspecified atom stereocenters. The number of anilines is 3. The Kier molecular flexibility index (Phi) is 12.7. The van der Waals surface area contributed by atoms with E-state index in [2.05, 4.69) is 63.1 Å². The van der Waals surface area contributed by atoms with Gasteiger partial charge in [0.25, 0.3) is 0 Å². The van der Waals surface area contributed by atoms with Gasteiger partial charge in [-0.15, -0.1) is 0 Å². The number of aliphatic imine (C=N–C) groups is 1. The van der Waals surface area contributed by atoms with Gasteiger partial charge in [-0.3, -0.25) is 25.1 Å². The summed E-state index contributed by atoms with van der Waals surface area (Å²) in [7, 11) is 1.68. The zero-order valence-electron chi connectivity index (χ0n) is 30.1. The first-order chi connectivity index (χ1) is 22.9. The summed E-state index contributed by atoms with van der Waals surface area (Å²) in [5.41, 5.74) is 7.21. The molecule has 0 atom stereocenters. The number of likely N-dealkylation sites (N-methyl/N-ethyl adjacent to an activating group) is 1. The van der Waals surface area contributed by atoms with Crippen LogP contribution < -0.4 is 25.8 Å². The second-order valence-corrected chi connectivity index (χ2v) is 13.1. The Morgan fingerprint density at radius 1 is 1.12 bits per heavy atom. The van der Waals surface area contributed by atoms with E-state index in [0.717, 1.165) is 60.7 Å². The number of aromatic nitrogens is 2. The van der Waals surface area contributed by atoms with E-state index in [9.17, 15) is 10.0 Å². The number of aromatic amines is 1. The summed E-state index contributed by atoms with van der Waals surface area (Å²) in [6.45, 7) is 18.3. The minimum Gasteiger partial charge on any atom is -0.489 e. The van der Waals surface area contributed by atoms with E-state index >= 15 is 0 Å². The minimum absolute atomic E-state index is 0.0232. The molecule has 48 heavy (non-hydrogen) atoms. The van der Waals surface area contributed by atoms with Gasteiger partial charge in [-0.1, -0.05) is 19.1 Å². The smallest absolute Gasteiger partial charge is 0.233 e. The molecule has 1 fully saturated rings. The largest absolute Gasteiger partial charge is 0.489 e. The Morgan fingerprint density at radius 3 is 2.44 bits per heavy atom. The molecule has 4 rings (SSSR count). The lowest BCUT2D eigenvalue weighted by Gasteiger charge is -2.32. The van der Waals surface area contributed by atoms with Crippen molar-refractivity contribution >= 4 is 28.8 Å². The third kappa shape index (κ3) is 9.17. The summed E-state index contributed by atoms with van der Waals surface area (Å²) in [5, 5.41) is 29.5. The van der Waals surface area contributed by atoms with Crippen molar-refractivity contribution in [3.8, 4) is 5.75 Å². The van der Waals surface area contributed by atoms with Gasteiger partial charge >= 0.3 is 0 Å². The average Bonchev–Trinajstić information content (AvgIpc) is 3.39. The number of likely N-dealkylation sites (tertiary alicyclic amines) is 1. The molecule has 1 amide bonds. The highest BCUT2D eigenvalue weighted by atomic mass is 16.5. The van der Waals surface area contributed by atoms with Crippen LogP contribution in [0.2, 0.25) is 0 Å². The summed E-state index contributed by atoms with van der Waals surface area (Å²) in [4.78, 5) is 19.3. The van der Waals surface area contributed by atoms with Crippen molar-refractivity contribution < 1.29 is 14.7 Å². The molecule has 3 aromatic rings. The van der Waals surface area contributed by atoms with Crippen LogP contribution in [-0.4, -0.2) is 70.9 Å². The lowest BCUT2D eigenvalue weighted by Crippen LogP contribution is -2.40. The fourth-order valence-electron chi connectivity index (χ4n) is 6.08. The highest BCUT2D eigenvalue weighted by Crippen LogP contribution is 2.38. The number of aryl methyl sites for hydroxylation is 3. The average molecular weight is 659 g/mol. The third-order valence-corrected chi connectivity index (χ3v) is 8.55. The standard InChI is InChI=1S/C37H54N8O3/c1-10-13-34(41-37(36-26(7)42-43-27(36)8)40-30-14-11-12-15-32(30)45(47)23(2)3)39-31-20-25(6)29(21-33(31)48-24(4)5)28-16-18-44(19-17-28)22-35(46)38-9/h11-15,20-21,23-24,28,39,47H,10,16-19,22H2,1-9H3,(H,38,46)(H,40,41)(H,42,43)/b34-13+. The molecule has 260 valence electrons. The van der Waals surface area contributed by atoms with Crippen molar-refractivity contribution in [3.05, 3.63) is 76.4 Å². The molecule has 11 heteroatoms. The number of hydrogen-bond donors (Lipinski definition) is 5. The quantitative estimate of drug-likeness (QED) is 0.0764. The number of carbonyl (C=O) groups is 1. The number of hydrogen-bond acceptors (Lipinski definition) is 8. The zero-order valence-corrected chi connectivity index (χ0v) is 30.1. The van der Waals surface area contributed by atoms with E-state index in [0.29, 0.717) is 35.5 Å². The van der Waals surface area contributed by atoms with E-state index < -0.39 is 0 Å². The van der Waals surface area contributed by atoms with Crippen molar-refractivity contribution in [3.63, 3.8) is 0 Å². The maximum atomic E-state index is 11.9. The summed E-state index contributed by atoms with van der Waals surface area (Å²) in [6, 6.07) is 11.9. The Bertz CT molecular complexity index is 1580. The van der Waals surface area contributed by atoms with Crippen LogP contribution >= 0.6 is 0 Å². The number of allylic oxidation sites excluding steroid dienone is 1. The molecular formula is C37H54N8O3. The molecule has 1 aliphatic rings. The molecule has 0 spiro atoms. The SMILES string of the molecule is CC/C=C(/N=C(/Nc1ccccc1N(O)C(C)C)c1c(C)n[nH]c1C)Nc1cc(C)c(C2CCN(CC(=O)NC)CC2)cc1OC(C)C. The number of amidine groups is 1. The molecule has 0 bridgehead atoms. The molecule has 0 aliphatic carbocycles. The number of hydroxylamine groups is 1. The number of rotatable bonds is 13. The molecule has 0 saturated carbocycles. The predicted molar refractivity (Wildman–Crippen MR) is 195 cm³/mol. The summed E-state index contributed by atoms with van der Waals surface area (Å²) < 4.78 is 6.41. The maximum Gasteiger partial charge on any atom is 0.233 e. The van der Waals surface area contributed by atoms with Gasteiger partial charge in [-0.2, -0.15) is 5.10 Å². The lowest BCUT2D eigenvalue weighted by atomic mass is 9.86. The van der Waals surface area contributed by atoms with E-state index in [-0.39, 0.29) is 18.1 Å². The van der Waals surface area contributed by atoms with Gasteiger partial charge in [0.05, 0.1) is 47.0 Å². The van der Waals surface area contributed by atoms with Gasteiger partial charge in [0.2, 0.25) is 5.91 Å². The highest BCUT2D eigenvalue weighted by Gasteiger charge is 2.25. The number of para-hydroxylation sites is 2. The fourth-order valence-corrected chi connectivity index (χ4v) is 6.08. The van der Waals surface area contributed by atoms with Crippen LogP contribution in [0.3, 0.4) is 0 Å². The Balaban J connectivity index is 1.71. The zero-order chi connectivity index (χ0) is 35.0. The summed E-state index contributed by atoms with van der Waals surface area (Å²) in [5.74, 6) is 2.47. The number of ether oxygens (including phenoxy) is 1. The van der Waals surface area contributed by atoms with Gasteiger partial charge in [0, 0.05) is 12.7 Å². The van der Waals surface area contributed by atoms with Crippen molar-refractivity contribution in [2.75, 3.05) is 42.4 Å². The van der Waals surface area contributed by atoms with Crippen LogP contribution in [0.4, 0.5) is 17.1 Å². The second-order valence-electron chi connectivity index (χ2n) is 13.1. The molecule has 2 heterocycles. The van der Waals surface area contributed by atoms with Gasteiger partial charge in [0.15, 0.2) is 0 Å². The van der Waals surface area contributed by atoms with Gasteiger partial charge in [-0.05, 0) is 128 Å². The van der Waals surface area contributed by atoms with Crippen molar-refractivity contribution in [1.82, 2.24) is 20.4 Å². The Labute approximate surface area is 285 Å². The summed E-state index contributed by atoms with van der Waals surface area (Å²) >= 11 is 0. The molecule has 1 aromatic heterocycles. The van der Waals surface area contributed by atoms with Crippen LogP contribution in [0.1, 0.15) is 87.9 Å². The first-order valence-electron chi connectivity index (χ1n) is 17.1. The van der Waals surface area contributed by atoms with Crippen molar-refractivity contribution in [1.29, 1.82) is 0 Å². The summed E-state index contributed by atoms with van der Waals surface area (Å²) in [6.07, 6.45) is 4.75. The van der Waals surface area contributed by atoms with Crippen LogP contribution in [0.25, 0.3) is 0 Å². The van der Waals surface area contributed by atoms with E-state index in [1.807, 2.05) is 65.8 Å². The lowest BCUT2D eigenvalue weighted by molar-refractivity contribution is -0.122. The molecule has 1 saturated heterocycles. The number of nitrogens with one attached hydrogen (secondary N) is 4. The fraction of sp³-hybridized carbons (Fsp3) is 0.486. The highest BCUT2D eigenvalue weighted by molar-refractivity contribution is 6.11. The topological polar surface area (TPSA) is 130 Å². The van der Waals surface area contributed by atoms with E-state index in [1.54, 1.807) is 7.05 Å². The van der Waals surface area contributed by atoms with Crippen molar-refractivity contribution in [2.24, 2.45) is 4.99 Å². The van der Waals surface area contributed by atoms with E-state index in [1.165, 1.54) is 16.2 Å². The van der Waals surface area contributed by atoms with Gasteiger partial charge in [0.1, 0.15) is 17.4 Å². The number of amides is 1. The normalized spacial score (nSPS) is 14.8. The third-order valence-electron chi connectivity index (χ3n) is 8.55. The number of carbonyl (C=O) groups excluding carboxylic acids is 1. The number of H-pyrrole nitrogens is 1. The first-order valence-corrected chi connectivity index (χ1v) is 17.1. The number of benzene rings is 2. The molecule has 5 N–H and O–H groups in total.